The maximum Gasteiger partial charge on any atom is 0.331 e. The fourth-order valence-corrected chi connectivity index (χ4v) is 3.43. The molecule has 0 unspecified atom stereocenters. The molecule has 1 aliphatic rings. The highest BCUT2D eigenvalue weighted by Crippen LogP contribution is 2.37. The van der Waals surface area contributed by atoms with Crippen molar-refractivity contribution in [3.8, 4) is 11.5 Å². The van der Waals surface area contributed by atoms with E-state index in [1.807, 2.05) is 13.8 Å². The summed E-state index contributed by atoms with van der Waals surface area (Å²) in [5.41, 5.74) is 0.659. The van der Waals surface area contributed by atoms with E-state index in [1.165, 1.54) is 13.2 Å². The maximum absolute atomic E-state index is 12.5. The van der Waals surface area contributed by atoms with Crippen molar-refractivity contribution in [2.75, 3.05) is 20.2 Å². The van der Waals surface area contributed by atoms with Crippen LogP contribution in [0.15, 0.2) is 18.2 Å². The lowest BCUT2D eigenvalue weighted by molar-refractivity contribution is -0.155. The molecule has 0 bridgehead atoms. The van der Waals surface area contributed by atoms with Crippen molar-refractivity contribution < 1.29 is 23.8 Å². The molecule has 6 nitrogen and oxygen atoms in total. The van der Waals surface area contributed by atoms with Gasteiger partial charge in [-0.3, -0.25) is 4.79 Å². The molecule has 0 aromatic heterocycles. The zero-order valence-electron chi connectivity index (χ0n) is 17.6. The number of likely N-dealkylation sites (tertiary alicyclic amines) is 1. The summed E-state index contributed by atoms with van der Waals surface area (Å²) in [7, 11) is 1.52. The van der Waals surface area contributed by atoms with Gasteiger partial charge in [-0.05, 0) is 57.4 Å². The van der Waals surface area contributed by atoms with Crippen LogP contribution in [0.25, 0.3) is 6.08 Å². The third-order valence-electron chi connectivity index (χ3n) is 4.58. The molecular weight excluding hydrogens is 394 g/mol. The lowest BCUT2D eigenvalue weighted by Crippen LogP contribution is -2.40. The highest BCUT2D eigenvalue weighted by atomic mass is 35.5. The van der Waals surface area contributed by atoms with Gasteiger partial charge < -0.3 is 19.1 Å². The van der Waals surface area contributed by atoms with Crippen molar-refractivity contribution in [1.29, 1.82) is 0 Å². The minimum Gasteiger partial charge on any atom is -0.493 e. The number of benzene rings is 1. The van der Waals surface area contributed by atoms with Crippen LogP contribution in [0.4, 0.5) is 0 Å². The predicted octanol–water partition coefficient (Wildman–Crippen LogP) is 4.48. The molecule has 0 spiro atoms. The van der Waals surface area contributed by atoms with Gasteiger partial charge in [-0.25, -0.2) is 4.79 Å². The van der Waals surface area contributed by atoms with Gasteiger partial charge in [0.15, 0.2) is 17.6 Å². The third-order valence-corrected chi connectivity index (χ3v) is 4.86. The molecule has 1 aromatic rings. The molecule has 1 aromatic carbocycles. The summed E-state index contributed by atoms with van der Waals surface area (Å²) >= 11 is 6.29. The normalized spacial score (nSPS) is 15.9. The average molecular weight is 424 g/mol. The smallest absolute Gasteiger partial charge is 0.331 e. The summed E-state index contributed by atoms with van der Waals surface area (Å²) < 4.78 is 16.3. The Balaban J connectivity index is 2.00. The first-order chi connectivity index (χ1) is 13.8. The lowest BCUT2D eigenvalue weighted by Gasteiger charge is -2.23. The van der Waals surface area contributed by atoms with Crippen molar-refractivity contribution in [3.63, 3.8) is 0 Å². The van der Waals surface area contributed by atoms with Gasteiger partial charge in [0, 0.05) is 19.2 Å². The Bertz CT molecular complexity index is 739. The number of esters is 1. The summed E-state index contributed by atoms with van der Waals surface area (Å²) in [6.45, 7) is 6.84. The Hall–Kier alpha value is -2.21. The molecule has 7 heteroatoms. The van der Waals surface area contributed by atoms with E-state index >= 15 is 0 Å². The molecule has 1 aliphatic heterocycles. The van der Waals surface area contributed by atoms with Crippen molar-refractivity contribution in [1.82, 2.24) is 4.90 Å². The predicted molar refractivity (Wildman–Crippen MR) is 113 cm³/mol. The average Bonchev–Trinajstić information content (AvgIpc) is 2.96. The Labute approximate surface area is 177 Å². The number of methoxy groups -OCH3 is 1. The SMILES string of the molecule is COc1cc(/C=C/C(=O)O[C@H](C)C(=O)N2CCCCCC2)cc(Cl)c1OC(C)C. The summed E-state index contributed by atoms with van der Waals surface area (Å²) in [6, 6.07) is 3.40. The van der Waals surface area contributed by atoms with Crippen LogP contribution < -0.4 is 9.47 Å². The summed E-state index contributed by atoms with van der Waals surface area (Å²) in [6.07, 6.45) is 6.23. The van der Waals surface area contributed by atoms with E-state index in [0.29, 0.717) is 22.1 Å². The van der Waals surface area contributed by atoms with Crippen LogP contribution in [0, 0.1) is 0 Å². The standard InChI is InChI=1S/C22H30ClNO5/c1-15(2)28-21-18(23)13-17(14-19(21)27-4)9-10-20(25)29-16(3)22(26)24-11-7-5-6-8-12-24/h9-10,13-16H,5-8,11-12H2,1-4H3/b10-9+/t16-/m1/s1. The topological polar surface area (TPSA) is 65.1 Å². The van der Waals surface area contributed by atoms with E-state index in [0.717, 1.165) is 38.8 Å². The van der Waals surface area contributed by atoms with E-state index in [4.69, 9.17) is 25.8 Å². The van der Waals surface area contributed by atoms with Crippen LogP contribution in [0.1, 0.15) is 52.0 Å². The molecule has 1 heterocycles. The fourth-order valence-electron chi connectivity index (χ4n) is 3.16. The number of nitrogens with zero attached hydrogens (tertiary/aromatic N) is 1. The second-order valence-electron chi connectivity index (χ2n) is 7.35. The van der Waals surface area contributed by atoms with Gasteiger partial charge in [0.25, 0.3) is 5.91 Å². The van der Waals surface area contributed by atoms with Gasteiger partial charge in [-0.2, -0.15) is 0 Å². The van der Waals surface area contributed by atoms with Gasteiger partial charge in [-0.1, -0.05) is 24.4 Å². The quantitative estimate of drug-likeness (QED) is 0.477. The van der Waals surface area contributed by atoms with Gasteiger partial charge >= 0.3 is 5.97 Å². The lowest BCUT2D eigenvalue weighted by atomic mass is 10.2. The first kappa shape index (κ1) is 23.1. The zero-order chi connectivity index (χ0) is 21.4. The van der Waals surface area contributed by atoms with Crippen molar-refractivity contribution >= 4 is 29.6 Å². The molecule has 0 radical (unpaired) electrons. The first-order valence-electron chi connectivity index (χ1n) is 10.0. The molecule has 0 saturated carbocycles. The van der Waals surface area contributed by atoms with Crippen LogP contribution in [0.2, 0.25) is 5.02 Å². The minimum absolute atomic E-state index is 0.0546. The minimum atomic E-state index is -0.815. The largest absolute Gasteiger partial charge is 0.493 e. The Morgan fingerprint density at radius 1 is 1.10 bits per heavy atom. The molecule has 2 rings (SSSR count). The number of carbonyl (C=O) groups excluding carboxylic acids is 2. The van der Waals surface area contributed by atoms with Gasteiger partial charge in [0.1, 0.15) is 0 Å². The second-order valence-corrected chi connectivity index (χ2v) is 7.76. The fraction of sp³-hybridized carbons (Fsp3) is 0.545. The first-order valence-corrected chi connectivity index (χ1v) is 10.4. The summed E-state index contributed by atoms with van der Waals surface area (Å²) in [5, 5.41) is 0.385. The zero-order valence-corrected chi connectivity index (χ0v) is 18.3. The molecule has 0 N–H and O–H groups in total. The third kappa shape index (κ3) is 6.96. The number of ether oxygens (including phenoxy) is 3. The van der Waals surface area contributed by atoms with Crippen LogP contribution in [-0.2, 0) is 14.3 Å². The van der Waals surface area contributed by atoms with Gasteiger partial charge in [0.2, 0.25) is 0 Å². The van der Waals surface area contributed by atoms with Crippen LogP contribution in [-0.4, -0.2) is 49.2 Å². The van der Waals surface area contributed by atoms with Crippen LogP contribution in [0.3, 0.4) is 0 Å². The molecular formula is C22H30ClNO5. The highest BCUT2D eigenvalue weighted by molar-refractivity contribution is 6.32. The van der Waals surface area contributed by atoms with Gasteiger partial charge in [-0.15, -0.1) is 0 Å². The molecule has 1 saturated heterocycles. The summed E-state index contributed by atoms with van der Waals surface area (Å²) in [4.78, 5) is 26.4. The molecule has 1 fully saturated rings. The molecule has 29 heavy (non-hydrogen) atoms. The number of hydrogen-bond acceptors (Lipinski definition) is 5. The Morgan fingerprint density at radius 3 is 2.34 bits per heavy atom. The number of amides is 1. The van der Waals surface area contributed by atoms with Crippen molar-refractivity contribution in [3.05, 3.63) is 28.8 Å². The van der Waals surface area contributed by atoms with Crippen molar-refractivity contribution in [2.45, 2.75) is 58.7 Å². The number of halogens is 1. The van der Waals surface area contributed by atoms with Crippen LogP contribution >= 0.6 is 11.6 Å². The van der Waals surface area contributed by atoms with E-state index < -0.39 is 12.1 Å². The van der Waals surface area contributed by atoms with Crippen molar-refractivity contribution in [2.24, 2.45) is 0 Å². The van der Waals surface area contributed by atoms with E-state index in [9.17, 15) is 9.59 Å². The Kier molecular flexibility index (Phi) is 8.83. The summed E-state index contributed by atoms with van der Waals surface area (Å²) in [5.74, 6) is 0.205. The highest BCUT2D eigenvalue weighted by Gasteiger charge is 2.23. The van der Waals surface area contributed by atoms with E-state index in [2.05, 4.69) is 0 Å². The van der Waals surface area contributed by atoms with E-state index in [-0.39, 0.29) is 12.0 Å². The second kappa shape index (κ2) is 11.1. The monoisotopic (exact) mass is 423 g/mol. The van der Waals surface area contributed by atoms with E-state index in [1.54, 1.807) is 30.0 Å². The number of carbonyl (C=O) groups is 2. The molecule has 1 atom stereocenters. The van der Waals surface area contributed by atoms with Gasteiger partial charge in [0.05, 0.1) is 18.2 Å². The molecule has 160 valence electrons. The van der Waals surface area contributed by atoms with Crippen LogP contribution in [0.5, 0.6) is 11.5 Å². The maximum atomic E-state index is 12.5. The number of rotatable bonds is 7. The number of hydrogen-bond donors (Lipinski definition) is 0. The molecule has 0 aliphatic carbocycles. The Morgan fingerprint density at radius 2 is 1.76 bits per heavy atom. The molecule has 1 amide bonds.